The van der Waals surface area contributed by atoms with Gasteiger partial charge in [-0.3, -0.25) is 0 Å². The normalized spacial score (nSPS) is 11.4. The first-order valence-corrected chi connectivity index (χ1v) is 19.8. The highest BCUT2D eigenvalue weighted by Gasteiger charge is 2.18. The molecule has 272 valence electrons. The van der Waals surface area contributed by atoms with Gasteiger partial charge in [0.05, 0.1) is 5.69 Å². The van der Waals surface area contributed by atoms with Crippen molar-refractivity contribution in [3.63, 3.8) is 0 Å². The maximum Gasteiger partial charge on any atom is 0.143 e. The van der Waals surface area contributed by atoms with Crippen LogP contribution in [-0.4, -0.2) is 0 Å². The van der Waals surface area contributed by atoms with E-state index in [4.69, 9.17) is 4.42 Å². The van der Waals surface area contributed by atoms with Crippen molar-refractivity contribution in [2.75, 3.05) is 4.90 Å². The van der Waals surface area contributed by atoms with Gasteiger partial charge in [-0.2, -0.15) is 0 Å². The topological polar surface area (TPSA) is 16.4 Å². The summed E-state index contributed by atoms with van der Waals surface area (Å²) in [4.78, 5) is 2.38. The van der Waals surface area contributed by atoms with Crippen molar-refractivity contribution in [3.05, 3.63) is 224 Å². The van der Waals surface area contributed by atoms with E-state index in [1.807, 2.05) is 6.07 Å². The van der Waals surface area contributed by atoms with E-state index in [0.717, 1.165) is 61.3 Å². The maximum atomic E-state index is 6.49. The maximum absolute atomic E-state index is 6.49. The number of hydrogen-bond acceptors (Lipinski definition) is 2. The molecule has 2 heteroatoms. The Labute approximate surface area is 337 Å². The van der Waals surface area contributed by atoms with Crippen LogP contribution in [0.2, 0.25) is 0 Å². The van der Waals surface area contributed by atoms with Gasteiger partial charge >= 0.3 is 0 Å². The molecule has 0 bridgehead atoms. The van der Waals surface area contributed by atoms with Gasteiger partial charge in [0, 0.05) is 33.1 Å². The van der Waals surface area contributed by atoms with Crippen molar-refractivity contribution in [2.24, 2.45) is 0 Å². The van der Waals surface area contributed by atoms with E-state index in [1.54, 1.807) is 0 Å². The van der Waals surface area contributed by atoms with Gasteiger partial charge in [0.1, 0.15) is 11.2 Å². The Morgan fingerprint density at radius 1 is 0.293 bits per heavy atom. The first-order chi connectivity index (χ1) is 28.7. The molecule has 0 saturated carbocycles. The standard InChI is InChI=1S/C56H37NO/c1-3-13-40(14-4-1)49-22-12-23-50-53-37-45(29-34-55(53)58-56(49)50)38-25-30-46(31-26-38)57(54-24-11-20-39-17-9-10-21-48(39)54)47-32-27-42(28-33-47)52-36-44-19-8-7-18-43(44)35-51(52)41-15-5-2-6-16-41/h1-37H. The molecule has 58 heavy (non-hydrogen) atoms. The van der Waals surface area contributed by atoms with Gasteiger partial charge in [-0.1, -0.05) is 170 Å². The van der Waals surface area contributed by atoms with E-state index >= 15 is 0 Å². The second kappa shape index (κ2) is 14.1. The first kappa shape index (κ1) is 33.6. The monoisotopic (exact) mass is 739 g/mol. The Hall–Kier alpha value is -7.68. The molecule has 0 fully saturated rings. The fraction of sp³-hybridized carbons (Fsp3) is 0. The number of para-hydroxylation sites is 1. The molecule has 11 aromatic rings. The van der Waals surface area contributed by atoms with Crippen LogP contribution in [0.25, 0.3) is 88.0 Å². The highest BCUT2D eigenvalue weighted by atomic mass is 16.3. The highest BCUT2D eigenvalue weighted by Crippen LogP contribution is 2.43. The van der Waals surface area contributed by atoms with Gasteiger partial charge in [-0.05, 0) is 110 Å². The number of furan rings is 1. The van der Waals surface area contributed by atoms with E-state index in [2.05, 4.69) is 223 Å². The van der Waals surface area contributed by atoms with Crippen LogP contribution in [0.4, 0.5) is 17.1 Å². The van der Waals surface area contributed by atoms with Gasteiger partial charge in [-0.25, -0.2) is 0 Å². The smallest absolute Gasteiger partial charge is 0.143 e. The minimum Gasteiger partial charge on any atom is -0.455 e. The van der Waals surface area contributed by atoms with Crippen LogP contribution in [0.15, 0.2) is 229 Å². The Balaban J connectivity index is 0.998. The molecule has 10 aromatic carbocycles. The lowest BCUT2D eigenvalue weighted by atomic mass is 9.91. The Bertz CT molecular complexity index is 3250. The second-order valence-electron chi connectivity index (χ2n) is 14.9. The summed E-state index contributed by atoms with van der Waals surface area (Å²) in [5, 5.41) is 7.12. The number of hydrogen-bond donors (Lipinski definition) is 0. The molecule has 0 amide bonds. The van der Waals surface area contributed by atoms with Crippen LogP contribution in [0.1, 0.15) is 0 Å². The van der Waals surface area contributed by atoms with Crippen molar-refractivity contribution < 1.29 is 4.42 Å². The molecule has 0 N–H and O–H groups in total. The summed E-state index contributed by atoms with van der Waals surface area (Å²) in [5.41, 5.74) is 14.5. The Morgan fingerprint density at radius 2 is 0.793 bits per heavy atom. The average Bonchev–Trinajstić information content (AvgIpc) is 3.68. The lowest BCUT2D eigenvalue weighted by Crippen LogP contribution is -2.10. The van der Waals surface area contributed by atoms with Gasteiger partial charge in [0.25, 0.3) is 0 Å². The quantitative estimate of drug-likeness (QED) is 0.162. The molecule has 0 unspecified atom stereocenters. The van der Waals surface area contributed by atoms with Crippen LogP contribution in [0.3, 0.4) is 0 Å². The molecule has 0 radical (unpaired) electrons. The van der Waals surface area contributed by atoms with Crippen molar-refractivity contribution in [2.45, 2.75) is 0 Å². The molecular weight excluding hydrogens is 703 g/mol. The van der Waals surface area contributed by atoms with Gasteiger partial charge < -0.3 is 9.32 Å². The zero-order chi connectivity index (χ0) is 38.4. The first-order valence-electron chi connectivity index (χ1n) is 19.8. The van der Waals surface area contributed by atoms with Crippen LogP contribution in [0.5, 0.6) is 0 Å². The summed E-state index contributed by atoms with van der Waals surface area (Å²) in [6.07, 6.45) is 0. The molecule has 1 heterocycles. The van der Waals surface area contributed by atoms with E-state index in [0.29, 0.717) is 0 Å². The molecule has 0 atom stereocenters. The van der Waals surface area contributed by atoms with Crippen molar-refractivity contribution in [1.29, 1.82) is 0 Å². The van der Waals surface area contributed by atoms with Crippen molar-refractivity contribution >= 4 is 60.5 Å². The van der Waals surface area contributed by atoms with Gasteiger partial charge in [0.15, 0.2) is 0 Å². The van der Waals surface area contributed by atoms with Gasteiger partial charge in [0.2, 0.25) is 0 Å². The number of anilines is 3. The third kappa shape index (κ3) is 5.91. The third-order valence-electron chi connectivity index (χ3n) is 11.5. The minimum absolute atomic E-state index is 0.893. The second-order valence-corrected chi connectivity index (χ2v) is 14.9. The number of benzene rings is 10. The van der Waals surface area contributed by atoms with Crippen molar-refractivity contribution in [3.8, 4) is 44.5 Å². The predicted molar refractivity (Wildman–Crippen MR) is 245 cm³/mol. The van der Waals surface area contributed by atoms with Crippen molar-refractivity contribution in [1.82, 2.24) is 0 Å². The molecule has 11 rings (SSSR count). The number of nitrogens with zero attached hydrogens (tertiary/aromatic N) is 1. The van der Waals surface area contributed by atoms with Crippen LogP contribution >= 0.6 is 0 Å². The number of fused-ring (bicyclic) bond motifs is 5. The number of rotatable bonds is 7. The molecule has 0 aliphatic rings. The molecule has 0 aliphatic carbocycles. The largest absolute Gasteiger partial charge is 0.455 e. The lowest BCUT2D eigenvalue weighted by Gasteiger charge is -2.27. The van der Waals surface area contributed by atoms with Crippen LogP contribution < -0.4 is 4.90 Å². The lowest BCUT2D eigenvalue weighted by molar-refractivity contribution is 0.670. The minimum atomic E-state index is 0.893. The molecule has 1 aromatic heterocycles. The summed E-state index contributed by atoms with van der Waals surface area (Å²) < 4.78 is 6.49. The van der Waals surface area contributed by atoms with Crippen LogP contribution in [-0.2, 0) is 0 Å². The summed E-state index contributed by atoms with van der Waals surface area (Å²) in [7, 11) is 0. The zero-order valence-corrected chi connectivity index (χ0v) is 31.7. The van der Waals surface area contributed by atoms with E-state index in [9.17, 15) is 0 Å². The molecule has 0 spiro atoms. The fourth-order valence-electron chi connectivity index (χ4n) is 8.58. The zero-order valence-electron chi connectivity index (χ0n) is 31.7. The summed E-state index contributed by atoms with van der Waals surface area (Å²) in [5.74, 6) is 0. The van der Waals surface area contributed by atoms with E-state index in [1.165, 1.54) is 43.8 Å². The summed E-state index contributed by atoms with van der Waals surface area (Å²) >= 11 is 0. The molecule has 2 nitrogen and oxygen atoms in total. The van der Waals surface area contributed by atoms with Crippen LogP contribution in [0, 0.1) is 0 Å². The molecule has 0 aliphatic heterocycles. The predicted octanol–water partition coefficient (Wildman–Crippen LogP) is 16.0. The Morgan fingerprint density at radius 3 is 1.47 bits per heavy atom. The summed E-state index contributed by atoms with van der Waals surface area (Å²) in [6.45, 7) is 0. The van der Waals surface area contributed by atoms with E-state index in [-0.39, 0.29) is 0 Å². The summed E-state index contributed by atoms with van der Waals surface area (Å²) in [6, 6.07) is 80.6. The van der Waals surface area contributed by atoms with Gasteiger partial charge in [-0.15, -0.1) is 0 Å². The molecular formula is C56H37NO. The SMILES string of the molecule is c1ccc(-c2cc3ccccc3cc2-c2ccc(N(c3ccc(-c4ccc5oc6c(-c7ccccc7)cccc6c5c4)cc3)c3cccc4ccccc34)cc2)cc1. The average molecular weight is 740 g/mol. The van der Waals surface area contributed by atoms with E-state index < -0.39 is 0 Å². The fourth-order valence-corrected chi connectivity index (χ4v) is 8.58. The molecule has 0 saturated heterocycles. The Kier molecular flexibility index (Phi) is 8.19. The third-order valence-corrected chi connectivity index (χ3v) is 11.5. The highest BCUT2D eigenvalue weighted by molar-refractivity contribution is 6.10.